The van der Waals surface area contributed by atoms with Crippen LogP contribution in [0.2, 0.25) is 10.0 Å². The van der Waals surface area contributed by atoms with Gasteiger partial charge in [0.25, 0.3) is 15.9 Å². The summed E-state index contributed by atoms with van der Waals surface area (Å²) in [7, 11) is -1.12. The number of hydrogen-bond acceptors (Lipinski definition) is 4. The number of sulfonamides is 1. The monoisotopic (exact) mass is 482 g/mol. The first-order valence-electron chi connectivity index (χ1n) is 8.82. The largest absolute Gasteiger partial charge is 0.497 e. The third-order valence-electron chi connectivity index (χ3n) is 4.46. The third-order valence-corrected chi connectivity index (χ3v) is 6.80. The molecule has 0 spiro atoms. The first-order valence-corrected chi connectivity index (χ1v) is 11.0. The van der Waals surface area contributed by atoms with Crippen molar-refractivity contribution in [1.29, 1.82) is 0 Å². The van der Waals surface area contributed by atoms with E-state index in [1.807, 2.05) is 0 Å². The first kappa shape index (κ1) is 22.9. The number of amides is 1. The van der Waals surface area contributed by atoms with Crippen molar-refractivity contribution in [2.45, 2.75) is 4.90 Å². The fourth-order valence-corrected chi connectivity index (χ4v) is 4.29. The molecule has 0 unspecified atom stereocenters. The predicted octanol–water partition coefficient (Wildman–Crippen LogP) is 5.22. The average molecular weight is 483 g/mol. The van der Waals surface area contributed by atoms with Gasteiger partial charge in [0.15, 0.2) is 0 Å². The molecule has 3 aromatic carbocycles. The Morgan fingerprint density at radius 3 is 2.32 bits per heavy atom. The van der Waals surface area contributed by atoms with Crippen LogP contribution in [-0.4, -0.2) is 28.5 Å². The number of halogens is 3. The minimum absolute atomic E-state index is 0.0120. The maximum absolute atomic E-state index is 14.0. The standard InChI is InChI=1S/C21H17Cl2FN2O4S/c1-26(14-4-6-15(30-2)7-5-14)31(28,29)16-8-9-18(23)17(12-16)21(27)25-20-10-3-13(22)11-19(20)24/h3-12H,1-2H3,(H,25,27). The Balaban J connectivity index is 1.92. The Morgan fingerprint density at radius 2 is 1.71 bits per heavy atom. The van der Waals surface area contributed by atoms with Gasteiger partial charge >= 0.3 is 0 Å². The highest BCUT2D eigenvalue weighted by atomic mass is 35.5. The van der Waals surface area contributed by atoms with Gasteiger partial charge in [0.1, 0.15) is 11.6 Å². The number of rotatable bonds is 6. The van der Waals surface area contributed by atoms with E-state index in [0.29, 0.717) is 11.4 Å². The highest BCUT2D eigenvalue weighted by Gasteiger charge is 2.24. The Bertz CT molecular complexity index is 1230. The fourth-order valence-electron chi connectivity index (χ4n) is 2.71. The number of benzene rings is 3. The average Bonchev–Trinajstić information content (AvgIpc) is 2.75. The Kier molecular flexibility index (Phi) is 6.74. The lowest BCUT2D eigenvalue weighted by Crippen LogP contribution is -2.27. The molecule has 10 heteroatoms. The van der Waals surface area contributed by atoms with Gasteiger partial charge in [-0.05, 0) is 60.7 Å². The molecule has 0 fully saturated rings. The van der Waals surface area contributed by atoms with Gasteiger partial charge in [0.2, 0.25) is 0 Å². The van der Waals surface area contributed by atoms with Crippen molar-refractivity contribution in [3.05, 3.63) is 82.1 Å². The van der Waals surface area contributed by atoms with E-state index in [9.17, 15) is 17.6 Å². The summed E-state index contributed by atoms with van der Waals surface area (Å²) in [6.45, 7) is 0. The van der Waals surface area contributed by atoms with Crippen LogP contribution in [0.5, 0.6) is 5.75 Å². The molecular weight excluding hydrogens is 466 g/mol. The zero-order valence-electron chi connectivity index (χ0n) is 16.4. The summed E-state index contributed by atoms with van der Waals surface area (Å²) in [6, 6.07) is 13.9. The Labute approximate surface area is 189 Å². The molecule has 0 aliphatic carbocycles. The first-order chi connectivity index (χ1) is 14.6. The number of carbonyl (C=O) groups excluding carboxylic acids is 1. The van der Waals surface area contributed by atoms with E-state index in [4.69, 9.17) is 27.9 Å². The van der Waals surface area contributed by atoms with Gasteiger partial charge in [-0.15, -0.1) is 0 Å². The number of anilines is 2. The summed E-state index contributed by atoms with van der Waals surface area (Å²) in [5, 5.41) is 2.55. The van der Waals surface area contributed by atoms with E-state index in [1.165, 1.54) is 38.4 Å². The van der Waals surface area contributed by atoms with Crippen LogP contribution < -0.4 is 14.4 Å². The summed E-state index contributed by atoms with van der Waals surface area (Å²) < 4.78 is 46.3. The molecule has 0 saturated carbocycles. The molecule has 162 valence electrons. The van der Waals surface area contributed by atoms with Gasteiger partial charge in [0.05, 0.1) is 34.0 Å². The molecule has 31 heavy (non-hydrogen) atoms. The van der Waals surface area contributed by atoms with Gasteiger partial charge in [0, 0.05) is 12.1 Å². The van der Waals surface area contributed by atoms with Crippen molar-refractivity contribution < 1.29 is 22.3 Å². The molecule has 1 amide bonds. The lowest BCUT2D eigenvalue weighted by Gasteiger charge is -2.20. The van der Waals surface area contributed by atoms with E-state index < -0.39 is 21.7 Å². The van der Waals surface area contributed by atoms with Crippen molar-refractivity contribution >= 4 is 50.5 Å². The minimum atomic E-state index is -4.01. The summed E-state index contributed by atoms with van der Waals surface area (Å²) in [5.74, 6) is -0.926. The van der Waals surface area contributed by atoms with E-state index >= 15 is 0 Å². The Hall–Kier alpha value is -2.81. The second kappa shape index (κ2) is 9.13. The molecule has 0 radical (unpaired) electrons. The fraction of sp³-hybridized carbons (Fsp3) is 0.0952. The predicted molar refractivity (Wildman–Crippen MR) is 119 cm³/mol. The lowest BCUT2D eigenvalue weighted by atomic mass is 10.2. The van der Waals surface area contributed by atoms with E-state index in [2.05, 4.69) is 5.32 Å². The second-order valence-corrected chi connectivity index (χ2v) is 9.20. The summed E-state index contributed by atoms with van der Waals surface area (Å²) >= 11 is 11.8. The molecule has 0 bridgehead atoms. The van der Waals surface area contributed by atoms with Gasteiger partial charge in [-0.3, -0.25) is 9.10 Å². The van der Waals surface area contributed by atoms with Crippen LogP contribution in [0.15, 0.2) is 65.6 Å². The van der Waals surface area contributed by atoms with Crippen molar-refractivity contribution in [3.63, 3.8) is 0 Å². The topological polar surface area (TPSA) is 75.7 Å². The molecule has 0 aliphatic heterocycles. The van der Waals surface area contributed by atoms with Crippen LogP contribution in [0, 0.1) is 5.82 Å². The van der Waals surface area contributed by atoms with Crippen molar-refractivity contribution in [1.82, 2.24) is 0 Å². The number of ether oxygens (including phenoxy) is 1. The minimum Gasteiger partial charge on any atom is -0.497 e. The lowest BCUT2D eigenvalue weighted by molar-refractivity contribution is 0.102. The molecular formula is C21H17Cl2FN2O4S. The number of nitrogens with zero attached hydrogens (tertiary/aromatic N) is 1. The number of nitrogens with one attached hydrogen (secondary N) is 1. The molecule has 0 heterocycles. The summed E-state index contributed by atoms with van der Waals surface area (Å²) in [4.78, 5) is 12.5. The van der Waals surface area contributed by atoms with Gasteiger partial charge < -0.3 is 10.1 Å². The molecule has 0 saturated heterocycles. The van der Waals surface area contributed by atoms with Gasteiger partial charge in [-0.1, -0.05) is 23.2 Å². The van der Waals surface area contributed by atoms with E-state index in [0.717, 1.165) is 16.4 Å². The smallest absolute Gasteiger partial charge is 0.264 e. The SMILES string of the molecule is COc1ccc(N(C)S(=O)(=O)c2ccc(Cl)c(C(=O)Nc3ccc(Cl)cc3F)c2)cc1. The second-order valence-electron chi connectivity index (χ2n) is 6.39. The van der Waals surface area contributed by atoms with Crippen molar-refractivity contribution in [2.24, 2.45) is 0 Å². The zero-order chi connectivity index (χ0) is 22.8. The zero-order valence-corrected chi connectivity index (χ0v) is 18.7. The number of hydrogen-bond donors (Lipinski definition) is 1. The van der Waals surface area contributed by atoms with Crippen LogP contribution >= 0.6 is 23.2 Å². The third kappa shape index (κ3) is 4.92. The molecule has 1 N–H and O–H groups in total. The highest BCUT2D eigenvalue weighted by Crippen LogP contribution is 2.28. The number of carbonyl (C=O) groups is 1. The Morgan fingerprint density at radius 1 is 1.03 bits per heavy atom. The molecule has 3 aromatic rings. The maximum Gasteiger partial charge on any atom is 0.264 e. The maximum atomic E-state index is 14.0. The quantitative estimate of drug-likeness (QED) is 0.522. The molecule has 3 rings (SSSR count). The molecule has 0 aliphatic rings. The molecule has 6 nitrogen and oxygen atoms in total. The van der Waals surface area contributed by atoms with Gasteiger partial charge in [-0.2, -0.15) is 0 Å². The number of methoxy groups -OCH3 is 1. The van der Waals surface area contributed by atoms with E-state index in [-0.39, 0.29) is 26.2 Å². The van der Waals surface area contributed by atoms with Crippen LogP contribution in [0.25, 0.3) is 0 Å². The van der Waals surface area contributed by atoms with Crippen LogP contribution in [0.1, 0.15) is 10.4 Å². The summed E-state index contributed by atoms with van der Waals surface area (Å²) in [5.41, 5.74) is 0.152. The summed E-state index contributed by atoms with van der Waals surface area (Å²) in [6.07, 6.45) is 0. The van der Waals surface area contributed by atoms with Crippen LogP contribution in [0.3, 0.4) is 0 Å². The van der Waals surface area contributed by atoms with Crippen LogP contribution in [0.4, 0.5) is 15.8 Å². The van der Waals surface area contributed by atoms with Crippen molar-refractivity contribution in [2.75, 3.05) is 23.8 Å². The molecule has 0 aromatic heterocycles. The van der Waals surface area contributed by atoms with Gasteiger partial charge in [-0.25, -0.2) is 12.8 Å². The van der Waals surface area contributed by atoms with Crippen molar-refractivity contribution in [3.8, 4) is 5.75 Å². The highest BCUT2D eigenvalue weighted by molar-refractivity contribution is 7.92. The van der Waals surface area contributed by atoms with E-state index in [1.54, 1.807) is 24.3 Å². The normalized spacial score (nSPS) is 11.1. The van der Waals surface area contributed by atoms with Crippen LogP contribution in [-0.2, 0) is 10.0 Å². The molecule has 0 atom stereocenters.